The van der Waals surface area contributed by atoms with E-state index in [-0.39, 0.29) is 31.1 Å². The SMILES string of the molecule is CCCCCCCCCCCCCCCCC(=O)O[C@H](COC(=O)CCCCCCCCCCCCCCC)COC(=O)CCCCCCCCCC(C)C. The van der Waals surface area contributed by atoms with Gasteiger partial charge in [0.05, 0.1) is 0 Å². The molecule has 1 atom stereocenters. The lowest BCUT2D eigenvalue weighted by Crippen LogP contribution is -2.30. The fourth-order valence-electron chi connectivity index (χ4n) is 7.33. The van der Waals surface area contributed by atoms with Crippen LogP contribution in [0.1, 0.15) is 272 Å². The predicted molar refractivity (Wildman–Crippen MR) is 233 cm³/mol. The number of unbranched alkanes of at least 4 members (excludes halogenated alkanes) is 31. The van der Waals surface area contributed by atoms with E-state index in [1.165, 1.54) is 167 Å². The summed E-state index contributed by atoms with van der Waals surface area (Å²) in [5.74, 6) is -0.0696. The highest BCUT2D eigenvalue weighted by atomic mass is 16.6. The largest absolute Gasteiger partial charge is 0.462 e. The van der Waals surface area contributed by atoms with Crippen molar-refractivity contribution in [2.45, 2.75) is 278 Å². The molecule has 0 amide bonds. The van der Waals surface area contributed by atoms with Crippen LogP contribution in [0.4, 0.5) is 0 Å². The van der Waals surface area contributed by atoms with Crippen LogP contribution in [-0.2, 0) is 28.6 Å². The van der Waals surface area contributed by atoms with Crippen LogP contribution in [0.2, 0.25) is 0 Å². The average Bonchev–Trinajstić information content (AvgIpc) is 3.17. The van der Waals surface area contributed by atoms with Crippen molar-refractivity contribution in [3.05, 3.63) is 0 Å². The zero-order chi connectivity index (χ0) is 40.3. The van der Waals surface area contributed by atoms with Gasteiger partial charge in [-0.05, 0) is 25.2 Å². The Balaban J connectivity index is 4.31. The van der Waals surface area contributed by atoms with Gasteiger partial charge in [0.25, 0.3) is 0 Å². The molecule has 6 heteroatoms. The predicted octanol–water partition coefficient (Wildman–Crippen LogP) is 15.5. The first-order valence-corrected chi connectivity index (χ1v) is 24.4. The van der Waals surface area contributed by atoms with Gasteiger partial charge in [-0.15, -0.1) is 0 Å². The van der Waals surface area contributed by atoms with Crippen LogP contribution in [-0.4, -0.2) is 37.2 Å². The van der Waals surface area contributed by atoms with E-state index in [0.29, 0.717) is 19.3 Å². The quantitative estimate of drug-likeness (QED) is 0.0348. The first-order valence-electron chi connectivity index (χ1n) is 24.4. The van der Waals surface area contributed by atoms with Crippen molar-refractivity contribution in [1.29, 1.82) is 0 Å². The number of hydrogen-bond donors (Lipinski definition) is 0. The molecule has 0 N–H and O–H groups in total. The van der Waals surface area contributed by atoms with E-state index in [2.05, 4.69) is 27.7 Å². The summed E-state index contributed by atoms with van der Waals surface area (Å²) in [6, 6.07) is 0. The molecule has 0 saturated carbocycles. The van der Waals surface area contributed by atoms with E-state index in [1.807, 2.05) is 0 Å². The normalized spacial score (nSPS) is 11.9. The lowest BCUT2D eigenvalue weighted by molar-refractivity contribution is -0.167. The Morgan fingerprint density at radius 1 is 0.345 bits per heavy atom. The molecule has 0 radical (unpaired) electrons. The van der Waals surface area contributed by atoms with Gasteiger partial charge in [-0.25, -0.2) is 0 Å². The topological polar surface area (TPSA) is 78.9 Å². The molecule has 0 fully saturated rings. The van der Waals surface area contributed by atoms with Gasteiger partial charge in [0.15, 0.2) is 6.10 Å². The van der Waals surface area contributed by atoms with Crippen LogP contribution < -0.4 is 0 Å². The molecule has 0 aliphatic heterocycles. The van der Waals surface area contributed by atoms with E-state index in [1.54, 1.807) is 0 Å². The molecule has 0 bridgehead atoms. The van der Waals surface area contributed by atoms with Crippen molar-refractivity contribution >= 4 is 17.9 Å². The molecule has 55 heavy (non-hydrogen) atoms. The van der Waals surface area contributed by atoms with E-state index in [4.69, 9.17) is 14.2 Å². The third kappa shape index (κ3) is 43.4. The molecule has 6 nitrogen and oxygen atoms in total. The molecule has 0 aliphatic rings. The molecule has 0 aromatic heterocycles. The second kappa shape index (κ2) is 43.5. The summed E-state index contributed by atoms with van der Waals surface area (Å²) < 4.78 is 16.7. The fourth-order valence-corrected chi connectivity index (χ4v) is 7.33. The fraction of sp³-hybridized carbons (Fsp3) is 0.939. The number of esters is 3. The first-order chi connectivity index (χ1) is 26.9. The van der Waals surface area contributed by atoms with E-state index in [9.17, 15) is 14.4 Å². The number of rotatable bonds is 44. The Labute approximate surface area is 342 Å². The molecular formula is C49H94O6. The zero-order valence-electron chi connectivity index (χ0n) is 37.4. The third-order valence-corrected chi connectivity index (χ3v) is 11.0. The van der Waals surface area contributed by atoms with E-state index >= 15 is 0 Å². The summed E-state index contributed by atoms with van der Waals surface area (Å²) in [5.41, 5.74) is 0. The lowest BCUT2D eigenvalue weighted by Gasteiger charge is -2.18. The number of ether oxygens (including phenoxy) is 3. The maximum absolute atomic E-state index is 12.7. The van der Waals surface area contributed by atoms with Crippen molar-refractivity contribution in [3.63, 3.8) is 0 Å². The van der Waals surface area contributed by atoms with Crippen molar-refractivity contribution in [2.75, 3.05) is 13.2 Å². The highest BCUT2D eigenvalue weighted by Crippen LogP contribution is 2.16. The van der Waals surface area contributed by atoms with Gasteiger partial charge in [-0.2, -0.15) is 0 Å². The number of hydrogen-bond acceptors (Lipinski definition) is 6. The van der Waals surface area contributed by atoms with Crippen molar-refractivity contribution in [1.82, 2.24) is 0 Å². The van der Waals surface area contributed by atoms with Gasteiger partial charge in [0, 0.05) is 19.3 Å². The van der Waals surface area contributed by atoms with E-state index < -0.39 is 6.10 Å². The molecule has 0 heterocycles. The Morgan fingerprint density at radius 3 is 0.891 bits per heavy atom. The molecular weight excluding hydrogens is 685 g/mol. The maximum Gasteiger partial charge on any atom is 0.306 e. The summed E-state index contributed by atoms with van der Waals surface area (Å²) in [5, 5.41) is 0. The van der Waals surface area contributed by atoms with Gasteiger partial charge >= 0.3 is 17.9 Å². The number of carbonyl (C=O) groups is 3. The van der Waals surface area contributed by atoms with Crippen LogP contribution in [0.3, 0.4) is 0 Å². The van der Waals surface area contributed by atoms with Crippen molar-refractivity contribution in [3.8, 4) is 0 Å². The molecule has 0 saturated heterocycles. The molecule has 0 rings (SSSR count). The number of carbonyl (C=O) groups excluding carboxylic acids is 3. The summed E-state index contributed by atoms with van der Waals surface area (Å²) in [7, 11) is 0. The summed E-state index contributed by atoms with van der Waals surface area (Å²) in [4.78, 5) is 37.8. The Bertz CT molecular complexity index is 826. The Kier molecular flexibility index (Phi) is 42.3. The average molecular weight is 779 g/mol. The monoisotopic (exact) mass is 779 g/mol. The van der Waals surface area contributed by atoms with Crippen molar-refractivity contribution < 1.29 is 28.6 Å². The first kappa shape index (κ1) is 53.4. The second-order valence-corrected chi connectivity index (χ2v) is 17.2. The van der Waals surface area contributed by atoms with E-state index in [0.717, 1.165) is 63.7 Å². The maximum atomic E-state index is 12.7. The summed E-state index contributed by atoms with van der Waals surface area (Å²) in [6.07, 6.45) is 43.7. The van der Waals surface area contributed by atoms with Gasteiger partial charge < -0.3 is 14.2 Å². The van der Waals surface area contributed by atoms with Crippen molar-refractivity contribution in [2.24, 2.45) is 5.92 Å². The molecule has 0 unspecified atom stereocenters. The van der Waals surface area contributed by atoms with Gasteiger partial charge in [0.1, 0.15) is 13.2 Å². The van der Waals surface area contributed by atoms with Crippen LogP contribution in [0.25, 0.3) is 0 Å². The zero-order valence-corrected chi connectivity index (χ0v) is 37.4. The minimum Gasteiger partial charge on any atom is -0.462 e. The second-order valence-electron chi connectivity index (χ2n) is 17.2. The smallest absolute Gasteiger partial charge is 0.306 e. The van der Waals surface area contributed by atoms with Gasteiger partial charge in [-0.3, -0.25) is 14.4 Å². The molecule has 326 valence electrons. The molecule has 0 aliphatic carbocycles. The Hall–Kier alpha value is -1.59. The highest BCUT2D eigenvalue weighted by Gasteiger charge is 2.19. The highest BCUT2D eigenvalue weighted by molar-refractivity contribution is 5.71. The Morgan fingerprint density at radius 2 is 0.600 bits per heavy atom. The molecule has 0 aromatic carbocycles. The van der Waals surface area contributed by atoms with Gasteiger partial charge in [-0.1, -0.05) is 233 Å². The molecule has 0 aromatic rings. The lowest BCUT2D eigenvalue weighted by atomic mass is 10.0. The minimum absolute atomic E-state index is 0.0636. The van der Waals surface area contributed by atoms with Crippen LogP contribution in [0.5, 0.6) is 0 Å². The summed E-state index contributed by atoms with van der Waals surface area (Å²) in [6.45, 7) is 8.96. The van der Waals surface area contributed by atoms with Crippen LogP contribution in [0, 0.1) is 5.92 Å². The summed E-state index contributed by atoms with van der Waals surface area (Å²) >= 11 is 0. The van der Waals surface area contributed by atoms with Crippen LogP contribution >= 0.6 is 0 Å². The van der Waals surface area contributed by atoms with Gasteiger partial charge in [0.2, 0.25) is 0 Å². The van der Waals surface area contributed by atoms with Crippen LogP contribution in [0.15, 0.2) is 0 Å². The standard InChI is InChI=1S/C49H94O6/c1-5-7-9-11-13-15-17-19-21-23-25-29-34-38-42-49(52)55-46(44-54-48(51)41-37-33-30-26-27-31-35-39-45(3)4)43-53-47(50)40-36-32-28-24-22-20-18-16-14-12-10-8-6-2/h45-46H,5-44H2,1-4H3/t46-/m1/s1. The molecule has 0 spiro atoms. The minimum atomic E-state index is -0.760. The third-order valence-electron chi connectivity index (χ3n) is 11.0.